The number of benzene rings is 1. The Morgan fingerprint density at radius 3 is 2.76 bits per heavy atom. The summed E-state index contributed by atoms with van der Waals surface area (Å²) in [6.07, 6.45) is 8.21. The third-order valence-corrected chi connectivity index (χ3v) is 5.18. The molecule has 0 atom stereocenters. The van der Waals surface area contributed by atoms with Gasteiger partial charge in [-0.25, -0.2) is 9.97 Å². The van der Waals surface area contributed by atoms with Gasteiger partial charge in [0, 0.05) is 50.2 Å². The van der Waals surface area contributed by atoms with Crippen molar-refractivity contribution in [3.05, 3.63) is 78.0 Å². The Balaban J connectivity index is 1.68. The first-order valence-electron chi connectivity index (χ1n) is 9.62. The molecule has 6 heteroatoms. The van der Waals surface area contributed by atoms with Gasteiger partial charge >= 0.3 is 0 Å². The maximum atomic E-state index is 12.8. The zero-order chi connectivity index (χ0) is 20.4. The van der Waals surface area contributed by atoms with Crippen LogP contribution in [0.3, 0.4) is 0 Å². The normalized spacial score (nSPS) is 11.0. The van der Waals surface area contributed by atoms with Crippen LogP contribution in [0, 0.1) is 0 Å². The van der Waals surface area contributed by atoms with Crippen LogP contribution in [0.5, 0.6) is 0 Å². The van der Waals surface area contributed by atoms with Gasteiger partial charge in [0.15, 0.2) is 5.78 Å². The van der Waals surface area contributed by atoms with E-state index in [1.54, 1.807) is 24.9 Å². The minimum absolute atomic E-state index is 0.0744. The number of aryl methyl sites for hydroxylation is 2. The summed E-state index contributed by atoms with van der Waals surface area (Å²) >= 11 is 0. The largest absolute Gasteiger partial charge is 0.334 e. The first kappa shape index (κ1) is 18.8. The summed E-state index contributed by atoms with van der Waals surface area (Å²) in [5, 5.41) is 0. The van der Waals surface area contributed by atoms with Gasteiger partial charge < -0.3 is 9.47 Å². The molecule has 0 saturated heterocycles. The van der Waals surface area contributed by atoms with Crippen LogP contribution in [0.25, 0.3) is 11.0 Å². The lowest BCUT2D eigenvalue weighted by atomic mass is 10.00. The SMILES string of the molecule is CCc1ccc(C(=O)Cc2cccnc2)cc1N(C)c1cc2c(cn1)ncn2C. The van der Waals surface area contributed by atoms with E-state index in [0.717, 1.165) is 40.1 Å². The average molecular weight is 385 g/mol. The number of pyridine rings is 2. The molecular weight excluding hydrogens is 362 g/mol. The first-order chi connectivity index (χ1) is 14.1. The monoisotopic (exact) mass is 385 g/mol. The summed E-state index contributed by atoms with van der Waals surface area (Å²) in [6, 6.07) is 11.7. The number of fused-ring (bicyclic) bond motifs is 1. The molecule has 0 fully saturated rings. The lowest BCUT2D eigenvalue weighted by Gasteiger charge is -2.22. The summed E-state index contributed by atoms with van der Waals surface area (Å²) in [5.41, 5.74) is 5.63. The number of rotatable bonds is 6. The minimum Gasteiger partial charge on any atom is -0.334 e. The molecule has 146 valence electrons. The first-order valence-corrected chi connectivity index (χ1v) is 9.62. The predicted molar refractivity (Wildman–Crippen MR) is 115 cm³/mol. The van der Waals surface area contributed by atoms with Crippen LogP contribution in [-0.2, 0) is 19.9 Å². The zero-order valence-electron chi connectivity index (χ0n) is 16.8. The highest BCUT2D eigenvalue weighted by Crippen LogP contribution is 2.29. The highest BCUT2D eigenvalue weighted by molar-refractivity contribution is 5.98. The second kappa shape index (κ2) is 7.83. The van der Waals surface area contributed by atoms with E-state index >= 15 is 0 Å². The molecule has 0 N–H and O–H groups in total. The minimum atomic E-state index is 0.0744. The van der Waals surface area contributed by atoms with Gasteiger partial charge in [0.1, 0.15) is 11.3 Å². The number of hydrogen-bond acceptors (Lipinski definition) is 5. The third-order valence-electron chi connectivity index (χ3n) is 5.18. The maximum absolute atomic E-state index is 12.8. The van der Waals surface area contributed by atoms with E-state index < -0.39 is 0 Å². The molecule has 3 heterocycles. The van der Waals surface area contributed by atoms with Crippen LogP contribution in [0.15, 0.2) is 61.3 Å². The second-order valence-electron chi connectivity index (χ2n) is 7.10. The number of anilines is 2. The molecule has 0 saturated carbocycles. The van der Waals surface area contributed by atoms with Gasteiger partial charge in [-0.1, -0.05) is 25.1 Å². The topological polar surface area (TPSA) is 63.9 Å². The van der Waals surface area contributed by atoms with E-state index in [2.05, 4.69) is 21.9 Å². The van der Waals surface area contributed by atoms with Gasteiger partial charge in [0.05, 0.1) is 18.0 Å². The number of nitrogens with zero attached hydrogens (tertiary/aromatic N) is 5. The van der Waals surface area contributed by atoms with Crippen molar-refractivity contribution in [2.75, 3.05) is 11.9 Å². The summed E-state index contributed by atoms with van der Waals surface area (Å²) in [7, 11) is 3.95. The Kier molecular flexibility index (Phi) is 5.08. The zero-order valence-corrected chi connectivity index (χ0v) is 16.8. The number of ketones is 1. The van der Waals surface area contributed by atoms with Crippen LogP contribution in [0.2, 0.25) is 0 Å². The molecule has 0 aliphatic heterocycles. The number of aromatic nitrogens is 4. The molecule has 0 radical (unpaired) electrons. The quantitative estimate of drug-likeness (QED) is 0.467. The van der Waals surface area contributed by atoms with Gasteiger partial charge in [-0.3, -0.25) is 9.78 Å². The van der Waals surface area contributed by atoms with Crippen LogP contribution in [0.4, 0.5) is 11.5 Å². The molecule has 0 bridgehead atoms. The van der Waals surface area contributed by atoms with Crippen molar-refractivity contribution >= 4 is 28.3 Å². The summed E-state index contributed by atoms with van der Waals surface area (Å²) in [5.74, 6) is 0.887. The van der Waals surface area contributed by atoms with Gasteiger partial charge in [-0.2, -0.15) is 0 Å². The predicted octanol–water partition coefficient (Wildman–Crippen LogP) is 4.12. The molecule has 3 aromatic heterocycles. The molecule has 29 heavy (non-hydrogen) atoms. The molecule has 0 amide bonds. The number of carbonyl (C=O) groups excluding carboxylic acids is 1. The van der Waals surface area contributed by atoms with Crippen LogP contribution < -0.4 is 4.90 Å². The van der Waals surface area contributed by atoms with E-state index in [1.807, 2.05) is 60.0 Å². The van der Waals surface area contributed by atoms with Crippen molar-refractivity contribution in [2.24, 2.45) is 7.05 Å². The van der Waals surface area contributed by atoms with Crippen molar-refractivity contribution in [1.82, 2.24) is 19.5 Å². The summed E-state index contributed by atoms with van der Waals surface area (Å²) in [4.78, 5) is 27.9. The summed E-state index contributed by atoms with van der Waals surface area (Å²) < 4.78 is 1.98. The van der Waals surface area contributed by atoms with Crippen LogP contribution in [0.1, 0.15) is 28.4 Å². The Morgan fingerprint density at radius 2 is 2.00 bits per heavy atom. The molecule has 4 rings (SSSR count). The highest BCUT2D eigenvalue weighted by Gasteiger charge is 2.15. The fourth-order valence-electron chi connectivity index (χ4n) is 3.47. The van der Waals surface area contributed by atoms with Gasteiger partial charge in [-0.15, -0.1) is 0 Å². The fraction of sp³-hybridized carbons (Fsp3) is 0.217. The Bertz CT molecular complexity index is 1170. The van der Waals surface area contributed by atoms with Crippen molar-refractivity contribution in [2.45, 2.75) is 19.8 Å². The number of carbonyl (C=O) groups is 1. The van der Waals surface area contributed by atoms with E-state index in [1.165, 1.54) is 0 Å². The molecule has 0 aliphatic rings. The Hall–Kier alpha value is -3.54. The number of Topliss-reactive ketones (excluding diaryl/α,β-unsaturated/α-hetero) is 1. The van der Waals surface area contributed by atoms with E-state index in [9.17, 15) is 4.79 Å². The lowest BCUT2D eigenvalue weighted by Crippen LogP contribution is -2.15. The maximum Gasteiger partial charge on any atom is 0.167 e. The molecule has 4 aromatic rings. The standard InChI is InChI=1S/C23H23N5O/c1-4-17-7-8-18(22(29)10-16-6-5-9-24-13-16)11-20(17)28(3)23-12-21-19(14-25-23)26-15-27(21)2/h5-9,11-15H,4,10H2,1-3H3. The van der Waals surface area contributed by atoms with Crippen molar-refractivity contribution in [3.63, 3.8) is 0 Å². The van der Waals surface area contributed by atoms with E-state index in [-0.39, 0.29) is 5.78 Å². The Morgan fingerprint density at radius 1 is 1.14 bits per heavy atom. The van der Waals surface area contributed by atoms with Crippen LogP contribution in [-0.4, -0.2) is 32.3 Å². The van der Waals surface area contributed by atoms with Crippen molar-refractivity contribution < 1.29 is 4.79 Å². The molecule has 0 aliphatic carbocycles. The van der Waals surface area contributed by atoms with Gasteiger partial charge in [0.25, 0.3) is 0 Å². The highest BCUT2D eigenvalue weighted by atomic mass is 16.1. The third kappa shape index (κ3) is 3.74. The smallest absolute Gasteiger partial charge is 0.167 e. The van der Waals surface area contributed by atoms with Crippen LogP contribution >= 0.6 is 0 Å². The summed E-state index contributed by atoms with van der Waals surface area (Å²) in [6.45, 7) is 2.11. The van der Waals surface area contributed by atoms with E-state index in [0.29, 0.717) is 12.0 Å². The average Bonchev–Trinajstić information content (AvgIpc) is 3.13. The van der Waals surface area contributed by atoms with Crippen molar-refractivity contribution in [1.29, 1.82) is 0 Å². The molecule has 1 aromatic carbocycles. The van der Waals surface area contributed by atoms with Gasteiger partial charge in [-0.05, 0) is 29.7 Å². The number of hydrogen-bond donors (Lipinski definition) is 0. The fourth-order valence-corrected chi connectivity index (χ4v) is 3.47. The number of imidazole rings is 1. The molecule has 0 unspecified atom stereocenters. The second-order valence-corrected chi connectivity index (χ2v) is 7.10. The van der Waals surface area contributed by atoms with E-state index in [4.69, 9.17) is 0 Å². The van der Waals surface area contributed by atoms with Gasteiger partial charge in [0.2, 0.25) is 0 Å². The molecule has 6 nitrogen and oxygen atoms in total. The molecule has 0 spiro atoms. The van der Waals surface area contributed by atoms with Crippen molar-refractivity contribution in [3.8, 4) is 0 Å². The Labute approximate surface area is 169 Å². The molecular formula is C23H23N5O. The lowest BCUT2D eigenvalue weighted by molar-refractivity contribution is 0.0993.